The molecule has 106 valence electrons. The molecule has 18 heavy (non-hydrogen) atoms. The molecule has 0 aromatic heterocycles. The molecule has 0 saturated carbocycles. The predicted octanol–water partition coefficient (Wildman–Crippen LogP) is 2.00. The molecule has 2 N–H and O–H groups in total. The van der Waals surface area contributed by atoms with Gasteiger partial charge in [-0.3, -0.25) is 4.79 Å². The summed E-state index contributed by atoms with van der Waals surface area (Å²) in [6.07, 6.45) is 5.82. The lowest BCUT2D eigenvalue weighted by Gasteiger charge is -2.40. The van der Waals surface area contributed by atoms with Crippen molar-refractivity contribution >= 4 is 5.91 Å². The molecule has 1 fully saturated rings. The van der Waals surface area contributed by atoms with Crippen molar-refractivity contribution in [1.82, 2.24) is 5.32 Å². The number of carbonyl (C=O) groups is 1. The summed E-state index contributed by atoms with van der Waals surface area (Å²) in [5, 5.41) is 11.8. The molecule has 0 spiro atoms. The first-order valence-corrected chi connectivity index (χ1v) is 7.20. The van der Waals surface area contributed by atoms with E-state index < -0.39 is 0 Å². The molecule has 1 aliphatic heterocycles. The van der Waals surface area contributed by atoms with E-state index in [1.54, 1.807) is 0 Å². The fourth-order valence-electron chi connectivity index (χ4n) is 2.59. The van der Waals surface area contributed by atoms with Crippen LogP contribution in [0.4, 0.5) is 0 Å². The van der Waals surface area contributed by atoms with Gasteiger partial charge in [0.1, 0.15) is 0 Å². The standard InChI is InChI=1S/C14H27NO3/c1-3-14(4-2)11-12(8-10-18-14)15-13(17)7-5-6-9-16/h12,16H,3-11H2,1-2H3,(H,15,17). The number of unbranched alkanes of at least 4 members (excludes halogenated alkanes) is 1. The average Bonchev–Trinajstić information content (AvgIpc) is 2.39. The predicted molar refractivity (Wildman–Crippen MR) is 71.4 cm³/mol. The fourth-order valence-corrected chi connectivity index (χ4v) is 2.59. The maximum absolute atomic E-state index is 11.7. The molecule has 1 rings (SSSR count). The number of aliphatic hydroxyl groups is 1. The van der Waals surface area contributed by atoms with E-state index in [-0.39, 0.29) is 24.2 Å². The van der Waals surface area contributed by atoms with Crippen LogP contribution in [-0.2, 0) is 9.53 Å². The number of carbonyl (C=O) groups excluding carboxylic acids is 1. The summed E-state index contributed by atoms with van der Waals surface area (Å²) in [6, 6.07) is 0.250. The van der Waals surface area contributed by atoms with Gasteiger partial charge in [-0.25, -0.2) is 0 Å². The molecule has 0 radical (unpaired) electrons. The van der Waals surface area contributed by atoms with Gasteiger partial charge in [0, 0.05) is 25.7 Å². The van der Waals surface area contributed by atoms with Crippen LogP contribution in [0.3, 0.4) is 0 Å². The van der Waals surface area contributed by atoms with Crippen LogP contribution in [0.5, 0.6) is 0 Å². The normalized spacial score (nSPS) is 22.7. The molecule has 1 unspecified atom stereocenters. The molecule has 4 nitrogen and oxygen atoms in total. The number of aliphatic hydroxyl groups excluding tert-OH is 1. The summed E-state index contributed by atoms with van der Waals surface area (Å²) in [6.45, 7) is 5.20. The summed E-state index contributed by atoms with van der Waals surface area (Å²) < 4.78 is 5.89. The largest absolute Gasteiger partial charge is 0.396 e. The van der Waals surface area contributed by atoms with Crippen LogP contribution in [0, 0.1) is 0 Å². The topological polar surface area (TPSA) is 58.6 Å². The van der Waals surface area contributed by atoms with Gasteiger partial charge in [0.05, 0.1) is 5.60 Å². The number of hydrogen-bond acceptors (Lipinski definition) is 3. The minimum absolute atomic E-state index is 0.0404. The third-order valence-corrected chi connectivity index (χ3v) is 3.96. The molecule has 0 aromatic carbocycles. The number of rotatable bonds is 7. The first kappa shape index (κ1) is 15.4. The molecule has 1 amide bonds. The van der Waals surface area contributed by atoms with Crippen LogP contribution in [-0.4, -0.2) is 35.9 Å². The van der Waals surface area contributed by atoms with Crippen molar-refractivity contribution in [2.45, 2.75) is 70.4 Å². The monoisotopic (exact) mass is 257 g/mol. The first-order chi connectivity index (χ1) is 8.65. The Morgan fingerprint density at radius 2 is 2.11 bits per heavy atom. The van der Waals surface area contributed by atoms with E-state index in [1.807, 2.05) is 0 Å². The van der Waals surface area contributed by atoms with E-state index in [1.165, 1.54) is 0 Å². The first-order valence-electron chi connectivity index (χ1n) is 7.20. The van der Waals surface area contributed by atoms with Crippen LogP contribution in [0.1, 0.15) is 58.8 Å². The zero-order chi connectivity index (χ0) is 13.4. The Kier molecular flexibility index (Phi) is 6.65. The maximum atomic E-state index is 11.7. The highest BCUT2D eigenvalue weighted by molar-refractivity contribution is 5.76. The highest BCUT2D eigenvalue weighted by atomic mass is 16.5. The van der Waals surface area contributed by atoms with E-state index >= 15 is 0 Å². The number of amides is 1. The van der Waals surface area contributed by atoms with Gasteiger partial charge >= 0.3 is 0 Å². The molecular weight excluding hydrogens is 230 g/mol. The van der Waals surface area contributed by atoms with Crippen LogP contribution >= 0.6 is 0 Å². The van der Waals surface area contributed by atoms with Crippen LogP contribution < -0.4 is 5.32 Å². The van der Waals surface area contributed by atoms with E-state index in [2.05, 4.69) is 19.2 Å². The third kappa shape index (κ3) is 4.58. The smallest absolute Gasteiger partial charge is 0.220 e. The molecule has 1 saturated heterocycles. The van der Waals surface area contributed by atoms with E-state index in [9.17, 15) is 4.79 Å². The molecule has 0 aromatic rings. The molecule has 0 bridgehead atoms. The zero-order valence-corrected chi connectivity index (χ0v) is 11.7. The minimum Gasteiger partial charge on any atom is -0.396 e. The van der Waals surface area contributed by atoms with Crippen molar-refractivity contribution in [3.63, 3.8) is 0 Å². The minimum atomic E-state index is -0.0404. The Hall–Kier alpha value is -0.610. The van der Waals surface area contributed by atoms with Crippen molar-refractivity contribution in [3.05, 3.63) is 0 Å². The summed E-state index contributed by atoms with van der Waals surface area (Å²) in [5.41, 5.74) is -0.0404. The van der Waals surface area contributed by atoms with Crippen molar-refractivity contribution in [3.8, 4) is 0 Å². The Morgan fingerprint density at radius 1 is 1.39 bits per heavy atom. The summed E-state index contributed by atoms with van der Waals surface area (Å²) in [5.74, 6) is 0.108. The van der Waals surface area contributed by atoms with Gasteiger partial charge in [0.2, 0.25) is 5.91 Å². The van der Waals surface area contributed by atoms with Crippen LogP contribution in [0.2, 0.25) is 0 Å². The molecule has 1 heterocycles. The molecule has 4 heteroatoms. The zero-order valence-electron chi connectivity index (χ0n) is 11.7. The van der Waals surface area contributed by atoms with Gasteiger partial charge in [0.25, 0.3) is 0 Å². The van der Waals surface area contributed by atoms with Crippen molar-refractivity contribution in [2.24, 2.45) is 0 Å². The summed E-state index contributed by atoms with van der Waals surface area (Å²) >= 11 is 0. The lowest BCUT2D eigenvalue weighted by molar-refractivity contribution is -0.126. The Balaban J connectivity index is 2.35. The SMILES string of the molecule is CCC1(CC)CC(NC(=O)CCCCO)CCO1. The molecular formula is C14H27NO3. The van der Waals surface area contributed by atoms with Gasteiger partial charge in [-0.15, -0.1) is 0 Å². The highest BCUT2D eigenvalue weighted by Crippen LogP contribution is 2.31. The van der Waals surface area contributed by atoms with Gasteiger partial charge in [-0.2, -0.15) is 0 Å². The van der Waals surface area contributed by atoms with Gasteiger partial charge in [0.15, 0.2) is 0 Å². The second-order valence-electron chi connectivity index (χ2n) is 5.18. The van der Waals surface area contributed by atoms with Gasteiger partial charge < -0.3 is 15.2 Å². The molecule has 0 aliphatic carbocycles. The van der Waals surface area contributed by atoms with Crippen molar-refractivity contribution < 1.29 is 14.6 Å². The Morgan fingerprint density at radius 3 is 2.72 bits per heavy atom. The second kappa shape index (κ2) is 7.74. The Labute approximate surface area is 110 Å². The van der Waals surface area contributed by atoms with Gasteiger partial charge in [-0.05, 0) is 38.5 Å². The number of hydrogen-bond donors (Lipinski definition) is 2. The Bertz CT molecular complexity index is 251. The lowest BCUT2D eigenvalue weighted by atomic mass is 9.86. The van der Waals surface area contributed by atoms with Crippen molar-refractivity contribution in [1.29, 1.82) is 0 Å². The van der Waals surface area contributed by atoms with Crippen LogP contribution in [0.25, 0.3) is 0 Å². The van der Waals surface area contributed by atoms with Crippen molar-refractivity contribution in [2.75, 3.05) is 13.2 Å². The second-order valence-corrected chi connectivity index (χ2v) is 5.18. The summed E-state index contributed by atoms with van der Waals surface area (Å²) in [7, 11) is 0. The lowest BCUT2D eigenvalue weighted by Crippen LogP contribution is -2.48. The maximum Gasteiger partial charge on any atom is 0.220 e. The quantitative estimate of drug-likeness (QED) is 0.686. The average molecular weight is 257 g/mol. The van der Waals surface area contributed by atoms with E-state index in [0.29, 0.717) is 12.8 Å². The highest BCUT2D eigenvalue weighted by Gasteiger charge is 2.34. The fraction of sp³-hybridized carbons (Fsp3) is 0.929. The number of ether oxygens (including phenoxy) is 1. The van der Waals surface area contributed by atoms with E-state index in [0.717, 1.165) is 38.7 Å². The molecule has 1 aliphatic rings. The molecule has 1 atom stereocenters. The van der Waals surface area contributed by atoms with Crippen LogP contribution in [0.15, 0.2) is 0 Å². The number of nitrogens with one attached hydrogen (secondary N) is 1. The summed E-state index contributed by atoms with van der Waals surface area (Å²) in [4.78, 5) is 11.7. The van der Waals surface area contributed by atoms with E-state index in [4.69, 9.17) is 9.84 Å². The van der Waals surface area contributed by atoms with Gasteiger partial charge in [-0.1, -0.05) is 13.8 Å². The third-order valence-electron chi connectivity index (χ3n) is 3.96.